The maximum atomic E-state index is 13.0. The van der Waals surface area contributed by atoms with E-state index in [0.717, 1.165) is 11.6 Å². The van der Waals surface area contributed by atoms with Gasteiger partial charge in [-0.05, 0) is 24.6 Å². The number of nitrogens with zero attached hydrogens (tertiary/aromatic N) is 1. The van der Waals surface area contributed by atoms with Crippen LogP contribution in [0.5, 0.6) is 0 Å². The molecule has 0 spiro atoms. The Morgan fingerprint density at radius 3 is 1.93 bits per heavy atom. The molecule has 2 aromatic rings. The molecule has 2 nitrogen and oxygen atoms in total. The molecule has 0 aliphatic heterocycles. The first-order valence-electron chi connectivity index (χ1n) is 7.86. The summed E-state index contributed by atoms with van der Waals surface area (Å²) in [5, 5.41) is 9.16. The summed E-state index contributed by atoms with van der Waals surface area (Å²) in [7, 11) is 0. The lowest BCUT2D eigenvalue weighted by molar-refractivity contribution is -0.376. The molecule has 2 aromatic carbocycles. The Labute approximate surface area is 157 Å². The van der Waals surface area contributed by atoms with Gasteiger partial charge in [-0.15, -0.1) is 0 Å². The third-order valence-electron chi connectivity index (χ3n) is 4.12. The average Bonchev–Trinajstić information content (AvgIpc) is 2.58. The molecule has 0 unspecified atom stereocenters. The standard InChI is InChI=1S/C18H16ClF6NO/c1-2-26(11-12-6-4-3-5-7-12)15-9-8-13(10-14(15)19)16(27,17(20,21)22)18(23,24)25/h3-10,27H,2,11H2,1H3. The van der Waals surface area contributed by atoms with Crippen molar-refractivity contribution in [3.05, 3.63) is 64.7 Å². The first-order chi connectivity index (χ1) is 12.4. The molecule has 0 aliphatic rings. The van der Waals surface area contributed by atoms with E-state index in [1.165, 1.54) is 0 Å². The number of anilines is 1. The SMILES string of the molecule is CCN(Cc1ccccc1)c1ccc(C(O)(C(F)(F)F)C(F)(F)F)cc1Cl. The van der Waals surface area contributed by atoms with Gasteiger partial charge in [-0.3, -0.25) is 0 Å². The highest BCUT2D eigenvalue weighted by atomic mass is 35.5. The van der Waals surface area contributed by atoms with E-state index in [1.54, 1.807) is 24.0 Å². The van der Waals surface area contributed by atoms with Gasteiger partial charge < -0.3 is 10.0 Å². The number of benzene rings is 2. The van der Waals surface area contributed by atoms with Crippen LogP contribution in [0.3, 0.4) is 0 Å². The quantitative estimate of drug-likeness (QED) is 0.640. The minimum Gasteiger partial charge on any atom is -0.369 e. The topological polar surface area (TPSA) is 23.5 Å². The Hall–Kier alpha value is -1.93. The van der Waals surface area contributed by atoms with Gasteiger partial charge in [-0.2, -0.15) is 26.3 Å². The molecule has 0 bridgehead atoms. The van der Waals surface area contributed by atoms with Crippen molar-refractivity contribution in [1.29, 1.82) is 0 Å². The fourth-order valence-corrected chi connectivity index (χ4v) is 2.95. The van der Waals surface area contributed by atoms with Crippen molar-refractivity contribution in [2.45, 2.75) is 31.4 Å². The van der Waals surface area contributed by atoms with Crippen molar-refractivity contribution in [2.75, 3.05) is 11.4 Å². The summed E-state index contributed by atoms with van der Waals surface area (Å²) in [6.07, 6.45) is -11.9. The zero-order valence-electron chi connectivity index (χ0n) is 14.1. The van der Waals surface area contributed by atoms with E-state index in [-0.39, 0.29) is 10.7 Å². The molecule has 0 aromatic heterocycles. The van der Waals surface area contributed by atoms with E-state index in [2.05, 4.69) is 0 Å². The molecule has 9 heteroatoms. The maximum absolute atomic E-state index is 13.0. The smallest absolute Gasteiger partial charge is 0.369 e. The highest BCUT2D eigenvalue weighted by molar-refractivity contribution is 6.33. The second kappa shape index (κ2) is 7.59. The lowest BCUT2D eigenvalue weighted by Crippen LogP contribution is -2.53. The Balaban J connectivity index is 2.44. The minimum atomic E-state index is -5.95. The first kappa shape index (κ1) is 21.4. The van der Waals surface area contributed by atoms with Gasteiger partial charge in [-0.25, -0.2) is 0 Å². The third kappa shape index (κ3) is 4.16. The molecule has 27 heavy (non-hydrogen) atoms. The number of hydrogen-bond donors (Lipinski definition) is 1. The normalized spacial score (nSPS) is 12.9. The monoisotopic (exact) mass is 411 g/mol. The van der Waals surface area contributed by atoms with Gasteiger partial charge in [-0.1, -0.05) is 48.0 Å². The zero-order chi connectivity index (χ0) is 20.5. The van der Waals surface area contributed by atoms with E-state index >= 15 is 0 Å². The van der Waals surface area contributed by atoms with Crippen LogP contribution in [-0.2, 0) is 12.1 Å². The summed E-state index contributed by atoms with van der Waals surface area (Å²) in [4.78, 5) is 1.70. The predicted molar refractivity (Wildman–Crippen MR) is 90.6 cm³/mol. The molecular formula is C18H16ClF6NO. The molecule has 0 amide bonds. The van der Waals surface area contributed by atoms with Crippen molar-refractivity contribution >= 4 is 17.3 Å². The molecule has 0 saturated carbocycles. The summed E-state index contributed by atoms with van der Waals surface area (Å²) < 4.78 is 78.0. The van der Waals surface area contributed by atoms with Gasteiger partial charge in [0.1, 0.15) is 0 Å². The van der Waals surface area contributed by atoms with Crippen LogP contribution in [0.2, 0.25) is 5.02 Å². The maximum Gasteiger partial charge on any atom is 0.430 e. The van der Waals surface area contributed by atoms with Gasteiger partial charge in [0.25, 0.3) is 5.60 Å². The highest BCUT2D eigenvalue weighted by Gasteiger charge is 2.71. The second-order valence-electron chi connectivity index (χ2n) is 5.87. The number of aliphatic hydroxyl groups is 1. The van der Waals surface area contributed by atoms with Crippen LogP contribution in [0, 0.1) is 0 Å². The number of alkyl halides is 6. The van der Waals surface area contributed by atoms with Crippen LogP contribution in [0.1, 0.15) is 18.1 Å². The van der Waals surface area contributed by atoms with Crippen LogP contribution in [-0.4, -0.2) is 24.0 Å². The highest BCUT2D eigenvalue weighted by Crippen LogP contribution is 2.50. The van der Waals surface area contributed by atoms with Crippen molar-refractivity contribution in [2.24, 2.45) is 0 Å². The third-order valence-corrected chi connectivity index (χ3v) is 4.43. The fraction of sp³-hybridized carbons (Fsp3) is 0.333. The van der Waals surface area contributed by atoms with Crippen LogP contribution in [0.4, 0.5) is 32.0 Å². The van der Waals surface area contributed by atoms with Gasteiger partial charge in [0, 0.05) is 18.7 Å². The van der Waals surface area contributed by atoms with Crippen LogP contribution in [0.15, 0.2) is 48.5 Å². The van der Waals surface area contributed by atoms with Crippen molar-refractivity contribution in [3.8, 4) is 0 Å². The molecular weight excluding hydrogens is 396 g/mol. The molecule has 148 valence electrons. The number of halogens is 7. The molecule has 1 N–H and O–H groups in total. The van der Waals surface area contributed by atoms with Gasteiger partial charge in [0.05, 0.1) is 10.7 Å². The van der Waals surface area contributed by atoms with Gasteiger partial charge in [0.15, 0.2) is 0 Å². The largest absolute Gasteiger partial charge is 0.430 e. The van der Waals surface area contributed by atoms with E-state index in [0.29, 0.717) is 25.2 Å². The number of rotatable bonds is 5. The van der Waals surface area contributed by atoms with Crippen LogP contribution in [0.25, 0.3) is 0 Å². The van der Waals surface area contributed by atoms with Crippen LogP contribution < -0.4 is 4.90 Å². The van der Waals surface area contributed by atoms with E-state index in [4.69, 9.17) is 11.6 Å². The van der Waals surface area contributed by atoms with Gasteiger partial charge in [0.2, 0.25) is 0 Å². The Morgan fingerprint density at radius 2 is 1.48 bits per heavy atom. The lowest BCUT2D eigenvalue weighted by atomic mass is 9.92. The summed E-state index contributed by atoms with van der Waals surface area (Å²) in [5.74, 6) is 0. The van der Waals surface area contributed by atoms with Crippen molar-refractivity contribution in [1.82, 2.24) is 0 Å². The molecule has 0 aliphatic carbocycles. The molecule has 0 heterocycles. The summed E-state index contributed by atoms with van der Waals surface area (Å²) in [6.45, 7) is 2.55. The summed E-state index contributed by atoms with van der Waals surface area (Å²) >= 11 is 5.99. The minimum absolute atomic E-state index is 0.262. The zero-order valence-corrected chi connectivity index (χ0v) is 14.8. The van der Waals surface area contributed by atoms with E-state index in [1.807, 2.05) is 18.2 Å². The molecule has 0 fully saturated rings. The van der Waals surface area contributed by atoms with Crippen molar-refractivity contribution < 1.29 is 31.4 Å². The Morgan fingerprint density at radius 1 is 0.926 bits per heavy atom. The predicted octanol–water partition coefficient (Wildman–Crippen LogP) is 5.68. The van der Waals surface area contributed by atoms with E-state index in [9.17, 15) is 31.4 Å². The molecule has 0 radical (unpaired) electrons. The molecule has 0 atom stereocenters. The molecule has 0 saturated heterocycles. The van der Waals surface area contributed by atoms with E-state index < -0.39 is 23.5 Å². The van der Waals surface area contributed by atoms with Crippen molar-refractivity contribution in [3.63, 3.8) is 0 Å². The summed E-state index contributed by atoms with van der Waals surface area (Å²) in [6, 6.07) is 11.2. The van der Waals surface area contributed by atoms with Gasteiger partial charge >= 0.3 is 12.4 Å². The molecule has 2 rings (SSSR count). The average molecular weight is 412 g/mol. The Kier molecular flexibility index (Phi) is 6.01. The first-order valence-corrected chi connectivity index (χ1v) is 8.24. The van der Waals surface area contributed by atoms with Crippen LogP contribution >= 0.6 is 11.6 Å². The lowest BCUT2D eigenvalue weighted by Gasteiger charge is -2.33. The Bertz CT molecular complexity index is 762. The summed E-state index contributed by atoms with van der Waals surface area (Å²) in [5.41, 5.74) is -5.23. The second-order valence-corrected chi connectivity index (χ2v) is 6.28. The number of hydrogen-bond acceptors (Lipinski definition) is 2. The fourth-order valence-electron chi connectivity index (χ4n) is 2.65.